The molecule has 0 radical (unpaired) electrons. The van der Waals surface area contributed by atoms with Gasteiger partial charge in [-0.05, 0) is 56.0 Å². The normalized spacial score (nSPS) is 12.3. The number of nitriles is 1. The van der Waals surface area contributed by atoms with Crippen LogP contribution in [0, 0.1) is 18.3 Å². The number of carbonyl (C=O) groups excluding carboxylic acids is 1. The fourth-order valence-corrected chi connectivity index (χ4v) is 3.21. The molecule has 2 heterocycles. The zero-order valence-corrected chi connectivity index (χ0v) is 19.0. The lowest BCUT2D eigenvalue weighted by molar-refractivity contribution is -0.112. The van der Waals surface area contributed by atoms with Crippen molar-refractivity contribution in [2.45, 2.75) is 20.0 Å². The second-order valence-corrected chi connectivity index (χ2v) is 7.27. The minimum atomic E-state index is -4.75. The average Bonchev–Trinajstić information content (AvgIpc) is 2.83. The second kappa shape index (κ2) is 10.1. The molecule has 0 spiro atoms. The van der Waals surface area contributed by atoms with Crippen LogP contribution in [0.1, 0.15) is 18.2 Å². The van der Waals surface area contributed by atoms with Crippen LogP contribution >= 0.6 is 0 Å². The number of nitrogens with one attached hydrogen (secondary N) is 2. The third kappa shape index (κ3) is 5.50. The Hall–Kier alpha value is -4.59. The van der Waals surface area contributed by atoms with Gasteiger partial charge in [-0.1, -0.05) is 12.1 Å². The minimum Gasteiger partial charge on any atom is -0.357 e. The summed E-state index contributed by atoms with van der Waals surface area (Å²) in [6.45, 7) is 6.17. The summed E-state index contributed by atoms with van der Waals surface area (Å²) in [6, 6.07) is 8.72. The number of anilines is 2. The van der Waals surface area contributed by atoms with E-state index >= 15 is 0 Å². The van der Waals surface area contributed by atoms with Crippen LogP contribution in [-0.2, 0) is 4.79 Å². The van der Waals surface area contributed by atoms with E-state index in [1.54, 1.807) is 37.5 Å². The van der Waals surface area contributed by atoms with E-state index in [2.05, 4.69) is 43.4 Å². The fraction of sp³-hybridized carbons (Fsp3) is 0.167. The molecule has 0 bridgehead atoms. The first-order valence-electron chi connectivity index (χ1n) is 10.2. The minimum absolute atomic E-state index is 0.119. The van der Waals surface area contributed by atoms with Crippen molar-refractivity contribution in [1.82, 2.24) is 15.0 Å². The Kier molecular flexibility index (Phi) is 7.25. The van der Waals surface area contributed by atoms with E-state index in [-0.39, 0.29) is 11.3 Å². The highest BCUT2D eigenvalue weighted by atomic mass is 19.4. The lowest BCUT2D eigenvalue weighted by Crippen LogP contribution is -2.16. The van der Waals surface area contributed by atoms with Crippen LogP contribution in [0.3, 0.4) is 0 Å². The molecule has 0 aliphatic carbocycles. The maximum absolute atomic E-state index is 13.0. The number of rotatable bonds is 6. The third-order valence-corrected chi connectivity index (χ3v) is 5.01. The molecule has 178 valence electrons. The Bertz CT molecular complexity index is 1420. The average molecular weight is 479 g/mol. The quantitative estimate of drug-likeness (QED) is 0.294. The molecular formula is C24H20F3N7O. The lowest BCUT2D eigenvalue weighted by Gasteiger charge is -2.13. The van der Waals surface area contributed by atoms with Crippen molar-refractivity contribution in [2.24, 2.45) is 4.99 Å². The van der Waals surface area contributed by atoms with Gasteiger partial charge < -0.3 is 10.6 Å². The van der Waals surface area contributed by atoms with Crippen molar-refractivity contribution in [3.8, 4) is 17.2 Å². The molecular weight excluding hydrogens is 459 g/mol. The van der Waals surface area contributed by atoms with Gasteiger partial charge in [-0.15, -0.1) is 0 Å². The molecule has 35 heavy (non-hydrogen) atoms. The maximum Gasteiger partial charge on any atom is 0.433 e. The molecule has 3 rings (SSSR count). The highest BCUT2D eigenvalue weighted by molar-refractivity contribution is 6.06. The van der Waals surface area contributed by atoms with Gasteiger partial charge in [0.2, 0.25) is 5.95 Å². The molecule has 1 amide bonds. The first kappa shape index (κ1) is 25.0. The van der Waals surface area contributed by atoms with E-state index in [4.69, 9.17) is 0 Å². The molecule has 11 heteroatoms. The van der Waals surface area contributed by atoms with Crippen LogP contribution in [-0.4, -0.2) is 40.8 Å². The first-order valence-corrected chi connectivity index (χ1v) is 10.2. The summed E-state index contributed by atoms with van der Waals surface area (Å²) < 4.78 is 39.0. The number of benzene rings is 1. The summed E-state index contributed by atoms with van der Waals surface area (Å²) in [5, 5.41) is 15.7. The van der Waals surface area contributed by atoms with Crippen LogP contribution in [0.15, 0.2) is 58.9 Å². The van der Waals surface area contributed by atoms with E-state index in [9.17, 15) is 23.2 Å². The molecule has 0 atom stereocenters. The van der Waals surface area contributed by atoms with Crippen molar-refractivity contribution < 1.29 is 18.0 Å². The zero-order valence-electron chi connectivity index (χ0n) is 19.0. The van der Waals surface area contributed by atoms with Gasteiger partial charge in [-0.25, -0.2) is 9.97 Å². The van der Waals surface area contributed by atoms with E-state index in [1.807, 2.05) is 6.92 Å². The van der Waals surface area contributed by atoms with Gasteiger partial charge >= 0.3 is 6.18 Å². The standard InChI is InChI=1S/C24H20F3N7O/c1-5-14(9-20(29-3)24(25,26)27)22(35)32-16-7-6-13(2)17(10-16)18-8-15-12-31-23(30-4)34-21(15)33-19(18)11-28/h5-10,12H,3H2,1-2,4H3,(H,32,35)(H,30,31,33,34)/b14-5+,20-9-. The number of hydrogen-bond acceptors (Lipinski definition) is 7. The third-order valence-electron chi connectivity index (χ3n) is 5.01. The topological polar surface area (TPSA) is 116 Å². The van der Waals surface area contributed by atoms with Gasteiger partial charge in [0.25, 0.3) is 5.91 Å². The first-order chi connectivity index (χ1) is 16.6. The fourth-order valence-electron chi connectivity index (χ4n) is 3.21. The van der Waals surface area contributed by atoms with E-state index in [0.29, 0.717) is 39.9 Å². The van der Waals surface area contributed by atoms with E-state index < -0.39 is 17.8 Å². The Morgan fingerprint density at radius 1 is 1.23 bits per heavy atom. The van der Waals surface area contributed by atoms with Crippen LogP contribution in [0.25, 0.3) is 22.2 Å². The van der Waals surface area contributed by atoms with Crippen LogP contribution in [0.4, 0.5) is 24.8 Å². The van der Waals surface area contributed by atoms with Gasteiger partial charge in [-0.3, -0.25) is 9.79 Å². The van der Waals surface area contributed by atoms with Gasteiger partial charge in [0.05, 0.1) is 0 Å². The molecule has 8 nitrogen and oxygen atoms in total. The zero-order chi connectivity index (χ0) is 25.8. The number of allylic oxidation sites excluding steroid dienone is 2. The number of hydrogen-bond donors (Lipinski definition) is 2. The summed E-state index contributed by atoms with van der Waals surface area (Å²) in [5.74, 6) is -0.408. The van der Waals surface area contributed by atoms with Gasteiger partial charge in [0.15, 0.2) is 11.3 Å². The smallest absolute Gasteiger partial charge is 0.357 e. The number of nitrogens with zero attached hydrogens (tertiary/aromatic N) is 5. The van der Waals surface area contributed by atoms with Crippen LogP contribution in [0.2, 0.25) is 0 Å². The molecule has 2 N–H and O–H groups in total. The number of halogens is 3. The molecule has 1 aromatic carbocycles. The molecule has 0 aliphatic rings. The van der Waals surface area contributed by atoms with E-state index in [1.165, 1.54) is 13.0 Å². The number of aryl methyl sites for hydroxylation is 1. The number of pyridine rings is 1. The predicted molar refractivity (Wildman–Crippen MR) is 128 cm³/mol. The van der Waals surface area contributed by atoms with Gasteiger partial charge in [-0.2, -0.15) is 23.4 Å². The predicted octanol–water partition coefficient (Wildman–Crippen LogP) is 4.95. The number of amides is 1. The number of alkyl halides is 3. The molecule has 2 aromatic heterocycles. The van der Waals surface area contributed by atoms with Crippen molar-refractivity contribution in [1.29, 1.82) is 5.26 Å². The van der Waals surface area contributed by atoms with E-state index in [0.717, 1.165) is 5.56 Å². The van der Waals surface area contributed by atoms with Crippen LogP contribution < -0.4 is 10.6 Å². The summed E-state index contributed by atoms with van der Waals surface area (Å²) in [4.78, 5) is 28.4. The summed E-state index contributed by atoms with van der Waals surface area (Å²) >= 11 is 0. The summed E-state index contributed by atoms with van der Waals surface area (Å²) in [6.07, 6.45) is -1.31. The molecule has 3 aromatic rings. The van der Waals surface area contributed by atoms with Crippen molar-refractivity contribution in [2.75, 3.05) is 17.7 Å². The number of aromatic nitrogens is 3. The van der Waals surface area contributed by atoms with Gasteiger partial charge in [0, 0.05) is 35.5 Å². The number of fused-ring (bicyclic) bond motifs is 1. The van der Waals surface area contributed by atoms with Crippen LogP contribution in [0.5, 0.6) is 0 Å². The largest absolute Gasteiger partial charge is 0.433 e. The Morgan fingerprint density at radius 2 is 1.97 bits per heavy atom. The monoisotopic (exact) mass is 479 g/mol. The molecule has 0 fully saturated rings. The van der Waals surface area contributed by atoms with Gasteiger partial charge in [0.1, 0.15) is 11.8 Å². The molecule has 0 unspecified atom stereocenters. The Labute approximate surface area is 199 Å². The SMILES string of the molecule is C=N/C(=C\C(=C/C)C(=O)Nc1ccc(C)c(-c2cc3cnc(NC)nc3nc2C#N)c1)C(F)(F)F. The van der Waals surface area contributed by atoms with Crippen molar-refractivity contribution >= 4 is 35.3 Å². The number of aliphatic imine (C=N–C) groups is 1. The Balaban J connectivity index is 2.01. The maximum atomic E-state index is 13.0. The summed E-state index contributed by atoms with van der Waals surface area (Å²) in [7, 11) is 1.66. The van der Waals surface area contributed by atoms with Crippen molar-refractivity contribution in [3.05, 3.63) is 65.1 Å². The summed E-state index contributed by atoms with van der Waals surface area (Å²) in [5.41, 5.74) is 1.14. The molecule has 0 aliphatic heterocycles. The number of carbonyl (C=O) groups is 1. The highest BCUT2D eigenvalue weighted by Gasteiger charge is 2.33. The lowest BCUT2D eigenvalue weighted by atomic mass is 9.97. The highest BCUT2D eigenvalue weighted by Crippen LogP contribution is 2.31. The molecule has 0 saturated heterocycles. The Morgan fingerprint density at radius 3 is 2.57 bits per heavy atom. The molecule has 0 saturated carbocycles. The second-order valence-electron chi connectivity index (χ2n) is 7.27. The van der Waals surface area contributed by atoms with Crippen molar-refractivity contribution in [3.63, 3.8) is 0 Å².